The van der Waals surface area contributed by atoms with Gasteiger partial charge in [-0.3, -0.25) is 9.59 Å². The maximum Gasteiger partial charge on any atom is 0.307 e. The molecule has 0 heterocycles. The van der Waals surface area contributed by atoms with Gasteiger partial charge in [-0.25, -0.2) is 0 Å². The van der Waals surface area contributed by atoms with Gasteiger partial charge < -0.3 is 19.8 Å². The molecule has 0 aromatic rings. The largest absolute Gasteiger partial charge is 0.481 e. The van der Waals surface area contributed by atoms with E-state index in [4.69, 9.17) is 0 Å². The topological polar surface area (TPSA) is 64.1 Å². The summed E-state index contributed by atoms with van der Waals surface area (Å²) in [6, 6.07) is 0. The van der Waals surface area contributed by atoms with E-state index < -0.39 is 17.3 Å². The maximum atomic E-state index is 14.3. The maximum absolute atomic E-state index is 14.3. The van der Waals surface area contributed by atoms with E-state index >= 15 is 0 Å². The zero-order chi connectivity index (χ0) is 34.5. The number of fused-ring (bicyclic) bond motifs is 5. The number of carbonyl (C=O) groups excluding carboxylic acids is 1. The minimum atomic E-state index is -0.944. The van der Waals surface area contributed by atoms with Gasteiger partial charge in [0, 0.05) is 13.1 Å². The molecule has 0 aliphatic heterocycles. The fraction of sp³-hybridized carbons (Fsp3) is 0.902. The monoisotopic (exact) mass is 656 g/mol. The van der Waals surface area contributed by atoms with Crippen molar-refractivity contribution in [3.8, 4) is 0 Å². The number of nitrogens with zero attached hydrogens (tertiary/aromatic N) is 3. The highest BCUT2D eigenvalue weighted by molar-refractivity contribution is 5.88. The Labute approximate surface area is 289 Å². The Kier molecular flexibility index (Phi) is 13.9. The molecule has 1 amide bonds. The van der Waals surface area contributed by atoms with Crippen molar-refractivity contribution in [1.82, 2.24) is 14.7 Å². The van der Waals surface area contributed by atoms with Gasteiger partial charge in [-0.1, -0.05) is 65.5 Å². The lowest BCUT2D eigenvalue weighted by Gasteiger charge is -2.51. The molecule has 4 aliphatic rings. The van der Waals surface area contributed by atoms with Gasteiger partial charge in [0.2, 0.25) is 5.91 Å². The van der Waals surface area contributed by atoms with Crippen molar-refractivity contribution >= 4 is 11.9 Å². The smallest absolute Gasteiger partial charge is 0.307 e. The molecule has 0 aromatic carbocycles. The van der Waals surface area contributed by atoms with Crippen LogP contribution in [0.15, 0.2) is 11.6 Å². The quantitative estimate of drug-likeness (QED) is 0.160. The summed E-state index contributed by atoms with van der Waals surface area (Å²) in [6.45, 7) is 14.3. The third-order valence-electron chi connectivity index (χ3n) is 13.5. The second-order valence-electron chi connectivity index (χ2n) is 18.1. The van der Waals surface area contributed by atoms with Gasteiger partial charge in [0.05, 0.1) is 11.3 Å². The predicted octanol–water partition coefficient (Wildman–Crippen LogP) is 8.32. The van der Waals surface area contributed by atoms with Gasteiger partial charge in [-0.15, -0.1) is 0 Å². The molecule has 0 spiro atoms. The molecular weight excluding hydrogens is 582 g/mol. The third kappa shape index (κ3) is 9.44. The molecule has 6 nitrogen and oxygen atoms in total. The van der Waals surface area contributed by atoms with Gasteiger partial charge >= 0.3 is 5.97 Å². The number of hydrogen-bond acceptors (Lipinski definition) is 4. The zero-order valence-corrected chi connectivity index (χ0v) is 32.0. The lowest BCUT2D eigenvalue weighted by Crippen LogP contribution is -2.51. The standard InChI is InChI=1S/C41H73N3O3/c1-28(2)13-10-14-29(3)32-19-20-37-34(32)21-22-35-33-17-16-31(27-30(33)15-18-36(35)37)38(39(45)46)41(4,5)40(47)44(25-11-23-42(6)7)26-12-24-43(8)9/h15,28-29,31-38H,10-14,16-27H2,1-9H3,(H,45,46)/t29-,31?,32?,33?,34?,35?,36?,37?,38?/m1/s1. The van der Waals surface area contributed by atoms with Crippen molar-refractivity contribution in [1.29, 1.82) is 0 Å². The van der Waals surface area contributed by atoms with Crippen molar-refractivity contribution in [3.05, 3.63) is 11.6 Å². The second kappa shape index (κ2) is 17.0. The second-order valence-corrected chi connectivity index (χ2v) is 18.1. The van der Waals surface area contributed by atoms with Gasteiger partial charge in [-0.05, 0) is 159 Å². The molecule has 9 atom stereocenters. The van der Waals surface area contributed by atoms with Crippen LogP contribution in [0.1, 0.15) is 118 Å². The SMILES string of the molecule is CC(C)CCC[C@@H](C)C1CCC2C3CC=C4CC(C(C(=O)O)C(C)(C)C(=O)N(CCCN(C)C)CCCN(C)C)CCC4C3CCC21. The summed E-state index contributed by atoms with van der Waals surface area (Å²) in [5.74, 6) is 5.28. The van der Waals surface area contributed by atoms with Crippen molar-refractivity contribution in [2.45, 2.75) is 118 Å². The molecular formula is C41H73N3O3. The lowest BCUT2D eigenvalue weighted by molar-refractivity contribution is -0.160. The Bertz CT molecular complexity index is 1040. The first-order chi connectivity index (χ1) is 22.2. The Morgan fingerprint density at radius 3 is 2.00 bits per heavy atom. The van der Waals surface area contributed by atoms with Crippen LogP contribution in [0.5, 0.6) is 0 Å². The first-order valence-corrected chi connectivity index (χ1v) is 19.7. The Hall–Kier alpha value is -1.40. The number of allylic oxidation sites excluding steroid dienone is 2. The minimum absolute atomic E-state index is 0.0229. The lowest BCUT2D eigenvalue weighted by atomic mass is 9.54. The number of hydrogen-bond donors (Lipinski definition) is 1. The Morgan fingerprint density at radius 1 is 0.787 bits per heavy atom. The fourth-order valence-corrected chi connectivity index (χ4v) is 11.2. The van der Waals surface area contributed by atoms with Crippen LogP contribution in [0.2, 0.25) is 0 Å². The highest BCUT2D eigenvalue weighted by Crippen LogP contribution is 2.60. The fourth-order valence-electron chi connectivity index (χ4n) is 11.2. The van der Waals surface area contributed by atoms with E-state index in [2.05, 4.69) is 64.8 Å². The summed E-state index contributed by atoms with van der Waals surface area (Å²) in [7, 11) is 8.25. The van der Waals surface area contributed by atoms with Crippen LogP contribution in [0.3, 0.4) is 0 Å². The number of amides is 1. The first-order valence-electron chi connectivity index (χ1n) is 19.7. The Morgan fingerprint density at radius 2 is 1.40 bits per heavy atom. The number of carbonyl (C=O) groups is 2. The normalized spacial score (nSPS) is 30.5. The number of rotatable bonds is 17. The molecule has 47 heavy (non-hydrogen) atoms. The van der Waals surface area contributed by atoms with Gasteiger partial charge in [0.15, 0.2) is 0 Å². The zero-order valence-electron chi connectivity index (χ0n) is 32.0. The van der Waals surface area contributed by atoms with Crippen LogP contribution in [0, 0.1) is 64.6 Å². The average Bonchev–Trinajstić information content (AvgIpc) is 3.43. The molecule has 8 unspecified atom stereocenters. The molecule has 0 bridgehead atoms. The predicted molar refractivity (Wildman–Crippen MR) is 195 cm³/mol. The molecule has 6 heteroatoms. The highest BCUT2D eigenvalue weighted by atomic mass is 16.4. The number of carboxylic acids is 1. The summed E-state index contributed by atoms with van der Waals surface area (Å²) < 4.78 is 0. The van der Waals surface area contributed by atoms with E-state index in [-0.39, 0.29) is 11.8 Å². The van der Waals surface area contributed by atoms with Gasteiger partial charge in [0.1, 0.15) is 0 Å². The van der Waals surface area contributed by atoms with Gasteiger partial charge in [-0.2, -0.15) is 0 Å². The Balaban J connectivity index is 1.43. The van der Waals surface area contributed by atoms with Crippen LogP contribution < -0.4 is 0 Å². The summed E-state index contributed by atoms with van der Waals surface area (Å²) >= 11 is 0. The summed E-state index contributed by atoms with van der Waals surface area (Å²) in [6.07, 6.45) is 18.3. The molecule has 3 saturated carbocycles. The van der Waals surface area contributed by atoms with E-state index in [0.717, 1.165) is 86.6 Å². The highest BCUT2D eigenvalue weighted by Gasteiger charge is 2.53. The third-order valence-corrected chi connectivity index (χ3v) is 13.5. The van der Waals surface area contributed by atoms with Crippen molar-refractivity contribution in [2.75, 3.05) is 54.4 Å². The van der Waals surface area contributed by atoms with Crippen LogP contribution >= 0.6 is 0 Å². The van der Waals surface area contributed by atoms with E-state index in [1.165, 1.54) is 51.4 Å². The summed E-state index contributed by atoms with van der Waals surface area (Å²) in [4.78, 5) is 33.6. The van der Waals surface area contributed by atoms with Crippen LogP contribution in [-0.4, -0.2) is 86.1 Å². The van der Waals surface area contributed by atoms with Crippen molar-refractivity contribution in [3.63, 3.8) is 0 Å². The number of aliphatic carboxylic acids is 1. The molecule has 0 radical (unpaired) electrons. The van der Waals surface area contributed by atoms with Crippen molar-refractivity contribution in [2.24, 2.45) is 64.6 Å². The van der Waals surface area contributed by atoms with E-state index in [0.29, 0.717) is 19.0 Å². The molecule has 3 fully saturated rings. The molecule has 0 saturated heterocycles. The van der Waals surface area contributed by atoms with E-state index in [1.807, 2.05) is 18.7 Å². The van der Waals surface area contributed by atoms with Gasteiger partial charge in [0.25, 0.3) is 0 Å². The molecule has 0 aromatic heterocycles. The summed E-state index contributed by atoms with van der Waals surface area (Å²) in [5.41, 5.74) is 0.598. The van der Waals surface area contributed by atoms with Crippen LogP contribution in [-0.2, 0) is 9.59 Å². The van der Waals surface area contributed by atoms with E-state index in [1.54, 1.807) is 5.57 Å². The number of carboxylic acid groups (broad SMARTS) is 1. The molecule has 4 rings (SSSR count). The molecule has 1 N–H and O–H groups in total. The molecule has 270 valence electrons. The molecule has 4 aliphatic carbocycles. The minimum Gasteiger partial charge on any atom is -0.481 e. The summed E-state index contributed by atoms with van der Waals surface area (Å²) in [5, 5.41) is 10.7. The van der Waals surface area contributed by atoms with Crippen LogP contribution in [0.25, 0.3) is 0 Å². The first kappa shape index (κ1) is 38.4. The van der Waals surface area contributed by atoms with E-state index in [9.17, 15) is 14.7 Å². The average molecular weight is 656 g/mol. The van der Waals surface area contributed by atoms with Crippen LogP contribution in [0.4, 0.5) is 0 Å². The van der Waals surface area contributed by atoms with Crippen molar-refractivity contribution < 1.29 is 14.7 Å².